The molecule has 0 radical (unpaired) electrons. The fraction of sp³-hybridized carbons (Fsp3) is 0.273. The normalized spacial score (nSPS) is 9.15. The Morgan fingerprint density at radius 1 is 1.23 bits per heavy atom. The monoisotopic (exact) mass is 174 g/mol. The molecule has 1 aromatic rings. The standard InChI is InChI=1S/C11H14N2/c1-8-7-11(13)9(2)6-10(8)4-3-5-12/h6-7H,5,12-13H2,1-2H3. The van der Waals surface area contributed by atoms with Gasteiger partial charge in [-0.3, -0.25) is 0 Å². The molecule has 1 rings (SSSR count). The van der Waals surface area contributed by atoms with Crippen LogP contribution in [0.15, 0.2) is 12.1 Å². The Kier molecular flexibility index (Phi) is 2.94. The van der Waals surface area contributed by atoms with E-state index in [0.717, 1.165) is 22.4 Å². The van der Waals surface area contributed by atoms with E-state index in [4.69, 9.17) is 11.5 Å². The number of rotatable bonds is 0. The molecule has 0 heterocycles. The van der Waals surface area contributed by atoms with Crippen LogP contribution < -0.4 is 11.5 Å². The first-order valence-electron chi connectivity index (χ1n) is 4.21. The number of anilines is 1. The average molecular weight is 174 g/mol. The molecule has 0 aliphatic heterocycles. The third-order valence-electron chi connectivity index (χ3n) is 1.94. The Hall–Kier alpha value is -1.46. The van der Waals surface area contributed by atoms with Gasteiger partial charge >= 0.3 is 0 Å². The third kappa shape index (κ3) is 2.24. The summed E-state index contributed by atoms with van der Waals surface area (Å²) in [5, 5.41) is 0. The molecular formula is C11H14N2. The number of benzene rings is 1. The predicted octanol–water partition coefficient (Wildman–Crippen LogP) is 1.20. The van der Waals surface area contributed by atoms with E-state index in [2.05, 4.69) is 11.8 Å². The van der Waals surface area contributed by atoms with Crippen LogP contribution in [-0.4, -0.2) is 6.54 Å². The second kappa shape index (κ2) is 3.97. The van der Waals surface area contributed by atoms with Gasteiger partial charge < -0.3 is 11.5 Å². The van der Waals surface area contributed by atoms with Crippen molar-refractivity contribution < 1.29 is 0 Å². The Bertz CT molecular complexity index is 370. The first kappa shape index (κ1) is 9.63. The minimum Gasteiger partial charge on any atom is -0.399 e. The summed E-state index contributed by atoms with van der Waals surface area (Å²) in [6, 6.07) is 3.93. The minimum atomic E-state index is 0.392. The average Bonchev–Trinajstić information content (AvgIpc) is 2.09. The molecule has 0 amide bonds. The van der Waals surface area contributed by atoms with Crippen molar-refractivity contribution in [3.8, 4) is 11.8 Å². The second-order valence-corrected chi connectivity index (χ2v) is 3.03. The summed E-state index contributed by atoms with van der Waals surface area (Å²) >= 11 is 0. The van der Waals surface area contributed by atoms with Crippen LogP contribution in [0.4, 0.5) is 5.69 Å². The maximum atomic E-state index is 5.75. The van der Waals surface area contributed by atoms with E-state index in [0.29, 0.717) is 6.54 Å². The highest BCUT2D eigenvalue weighted by Gasteiger charge is 1.98. The van der Waals surface area contributed by atoms with Gasteiger partial charge in [-0.05, 0) is 37.1 Å². The molecule has 13 heavy (non-hydrogen) atoms. The van der Waals surface area contributed by atoms with Gasteiger partial charge in [0.2, 0.25) is 0 Å². The van der Waals surface area contributed by atoms with Gasteiger partial charge in [0.25, 0.3) is 0 Å². The van der Waals surface area contributed by atoms with Crippen molar-refractivity contribution in [2.24, 2.45) is 5.73 Å². The Morgan fingerprint density at radius 3 is 2.54 bits per heavy atom. The summed E-state index contributed by atoms with van der Waals surface area (Å²) in [7, 11) is 0. The lowest BCUT2D eigenvalue weighted by Crippen LogP contribution is -1.95. The van der Waals surface area contributed by atoms with Crippen LogP contribution in [0.1, 0.15) is 16.7 Å². The van der Waals surface area contributed by atoms with E-state index in [-0.39, 0.29) is 0 Å². The summed E-state index contributed by atoms with van der Waals surface area (Å²) in [4.78, 5) is 0. The maximum absolute atomic E-state index is 5.75. The zero-order chi connectivity index (χ0) is 9.84. The molecule has 0 atom stereocenters. The zero-order valence-corrected chi connectivity index (χ0v) is 8.02. The van der Waals surface area contributed by atoms with Crippen LogP contribution in [0.5, 0.6) is 0 Å². The van der Waals surface area contributed by atoms with Crippen molar-refractivity contribution in [1.82, 2.24) is 0 Å². The number of nitrogens with two attached hydrogens (primary N) is 2. The van der Waals surface area contributed by atoms with Crippen LogP contribution >= 0.6 is 0 Å². The zero-order valence-electron chi connectivity index (χ0n) is 8.02. The largest absolute Gasteiger partial charge is 0.399 e. The fourth-order valence-corrected chi connectivity index (χ4v) is 1.12. The highest BCUT2D eigenvalue weighted by molar-refractivity contribution is 5.55. The first-order chi connectivity index (χ1) is 6.15. The molecule has 4 N–H and O–H groups in total. The summed E-state index contributed by atoms with van der Waals surface area (Å²) in [6.45, 7) is 4.36. The van der Waals surface area contributed by atoms with Gasteiger partial charge in [0, 0.05) is 11.3 Å². The highest BCUT2D eigenvalue weighted by Crippen LogP contribution is 2.16. The molecule has 0 saturated carbocycles. The van der Waals surface area contributed by atoms with Crippen molar-refractivity contribution in [1.29, 1.82) is 0 Å². The van der Waals surface area contributed by atoms with Crippen LogP contribution in [0.2, 0.25) is 0 Å². The molecule has 0 spiro atoms. The van der Waals surface area contributed by atoms with Gasteiger partial charge in [-0.2, -0.15) is 0 Å². The van der Waals surface area contributed by atoms with Crippen molar-refractivity contribution >= 4 is 5.69 Å². The van der Waals surface area contributed by atoms with Gasteiger partial charge in [-0.15, -0.1) is 0 Å². The topological polar surface area (TPSA) is 52.0 Å². The molecule has 1 aromatic carbocycles. The molecule has 0 aliphatic carbocycles. The van der Waals surface area contributed by atoms with Gasteiger partial charge in [-0.1, -0.05) is 11.8 Å². The van der Waals surface area contributed by atoms with Crippen LogP contribution in [0.3, 0.4) is 0 Å². The highest BCUT2D eigenvalue weighted by atomic mass is 14.6. The van der Waals surface area contributed by atoms with Crippen molar-refractivity contribution in [2.45, 2.75) is 13.8 Å². The Morgan fingerprint density at radius 2 is 1.92 bits per heavy atom. The number of nitrogen functional groups attached to an aromatic ring is 1. The Labute approximate surface area is 78.9 Å². The first-order valence-corrected chi connectivity index (χ1v) is 4.21. The van der Waals surface area contributed by atoms with E-state index in [1.165, 1.54) is 0 Å². The minimum absolute atomic E-state index is 0.392. The van der Waals surface area contributed by atoms with Crippen molar-refractivity contribution in [2.75, 3.05) is 12.3 Å². The van der Waals surface area contributed by atoms with Gasteiger partial charge in [0.05, 0.1) is 6.54 Å². The summed E-state index contributed by atoms with van der Waals surface area (Å²) < 4.78 is 0. The molecule has 0 fully saturated rings. The second-order valence-electron chi connectivity index (χ2n) is 3.03. The molecule has 2 heteroatoms. The van der Waals surface area contributed by atoms with E-state index < -0.39 is 0 Å². The van der Waals surface area contributed by atoms with Gasteiger partial charge in [0.15, 0.2) is 0 Å². The molecule has 0 aliphatic rings. The summed E-state index contributed by atoms with van der Waals surface area (Å²) in [6.07, 6.45) is 0. The number of hydrogen-bond donors (Lipinski definition) is 2. The predicted molar refractivity (Wildman–Crippen MR) is 56.3 cm³/mol. The van der Waals surface area contributed by atoms with E-state index in [9.17, 15) is 0 Å². The molecular weight excluding hydrogens is 160 g/mol. The van der Waals surface area contributed by atoms with E-state index in [1.807, 2.05) is 26.0 Å². The summed E-state index contributed by atoms with van der Waals surface area (Å²) in [5.74, 6) is 5.84. The van der Waals surface area contributed by atoms with Crippen LogP contribution in [0.25, 0.3) is 0 Å². The van der Waals surface area contributed by atoms with E-state index in [1.54, 1.807) is 0 Å². The lowest BCUT2D eigenvalue weighted by Gasteiger charge is -2.03. The Balaban J connectivity index is 3.16. The molecule has 0 bridgehead atoms. The van der Waals surface area contributed by atoms with Crippen LogP contribution in [-0.2, 0) is 0 Å². The smallest absolute Gasteiger partial charge is 0.0555 e. The van der Waals surface area contributed by atoms with Gasteiger partial charge in [0.1, 0.15) is 0 Å². The molecule has 0 saturated heterocycles. The molecule has 2 nitrogen and oxygen atoms in total. The van der Waals surface area contributed by atoms with E-state index >= 15 is 0 Å². The maximum Gasteiger partial charge on any atom is 0.0555 e. The quantitative estimate of drug-likeness (QED) is 0.458. The third-order valence-corrected chi connectivity index (χ3v) is 1.94. The lowest BCUT2D eigenvalue weighted by atomic mass is 10.0. The van der Waals surface area contributed by atoms with Crippen LogP contribution in [0, 0.1) is 25.7 Å². The van der Waals surface area contributed by atoms with Crippen molar-refractivity contribution in [3.05, 3.63) is 28.8 Å². The fourth-order valence-electron chi connectivity index (χ4n) is 1.12. The van der Waals surface area contributed by atoms with Gasteiger partial charge in [-0.25, -0.2) is 0 Å². The van der Waals surface area contributed by atoms with Crippen molar-refractivity contribution in [3.63, 3.8) is 0 Å². The molecule has 0 unspecified atom stereocenters. The lowest BCUT2D eigenvalue weighted by molar-refractivity contribution is 1.30. The molecule has 68 valence electrons. The number of hydrogen-bond acceptors (Lipinski definition) is 2. The number of aryl methyl sites for hydroxylation is 2. The summed E-state index contributed by atoms with van der Waals surface area (Å²) in [5.41, 5.74) is 15.0. The molecule has 0 aromatic heterocycles. The SMILES string of the molecule is Cc1cc(C#CCN)c(C)cc1N.